The Hall–Kier alpha value is -14.0. The molecular weight excluding hydrogens is 1680 g/mol. The molecule has 1 heterocycles. The lowest BCUT2D eigenvalue weighted by Gasteiger charge is -2.29. The number of nitrogens with zero attached hydrogens (tertiary/aromatic N) is 2. The number of aliphatic hydroxyl groups is 3. The maximum Gasteiger partial charge on any atom is 0.303 e. The van der Waals surface area contributed by atoms with Crippen molar-refractivity contribution in [1.82, 2.24) is 79.1 Å². The van der Waals surface area contributed by atoms with Crippen molar-refractivity contribution in [1.29, 1.82) is 0 Å². The van der Waals surface area contributed by atoms with Crippen LogP contribution in [-0.2, 0) is 109 Å². The fourth-order valence-corrected chi connectivity index (χ4v) is 13.2. The Morgan fingerprint density at radius 2 is 0.883 bits per heavy atom. The summed E-state index contributed by atoms with van der Waals surface area (Å²) in [6.45, 7) is 7.10. The molecule has 6 rings (SSSR count). The molecule has 0 aliphatic heterocycles. The molecule has 1 aromatic heterocycles. The number of carboxylic acid groups (broad SMARTS) is 1. The first kappa shape index (κ1) is 103. The van der Waals surface area contributed by atoms with E-state index in [2.05, 4.69) is 79.1 Å². The molecule has 0 bridgehead atoms. The van der Waals surface area contributed by atoms with Gasteiger partial charge in [-0.1, -0.05) is 86.6 Å². The van der Waals surface area contributed by atoms with E-state index in [1.54, 1.807) is 56.3 Å². The number of aliphatic hydroxyl groups excluding tert-OH is 3. The van der Waals surface area contributed by atoms with Crippen LogP contribution in [0.1, 0.15) is 121 Å². The monoisotopic (exact) mass is 1790 g/mol. The molecule has 5 aromatic carbocycles. The highest BCUT2D eigenvalue weighted by atomic mass is 19.2. The van der Waals surface area contributed by atoms with Gasteiger partial charge in [0.25, 0.3) is 5.69 Å². The summed E-state index contributed by atoms with van der Waals surface area (Å²) >= 11 is 0. The lowest BCUT2D eigenvalue weighted by molar-refractivity contribution is -0.384. The zero-order valence-corrected chi connectivity index (χ0v) is 70.9. The quantitative estimate of drug-likeness (QED) is 0.0102. The van der Waals surface area contributed by atoms with Gasteiger partial charge >= 0.3 is 5.97 Å². The number of carbonyl (C=O) groups excluding carboxylic acids is 15. The molecule has 0 unspecified atom stereocenters. The third-order valence-corrected chi connectivity index (χ3v) is 20.1. The number of nitrogens with two attached hydrogens (primary N) is 3. The number of nitrogens with one attached hydrogen (secondary N) is 14. The summed E-state index contributed by atoms with van der Waals surface area (Å²) in [6.07, 6.45) is -5.66. The topological polar surface area (TPSA) is 681 Å². The number of rotatable bonds is 52. The lowest BCUT2D eigenvalue weighted by Crippen LogP contribution is -2.62. The number of halogens is 2. The molecule has 0 fully saturated rings. The van der Waals surface area contributed by atoms with Crippen LogP contribution in [0.3, 0.4) is 0 Å². The van der Waals surface area contributed by atoms with Crippen molar-refractivity contribution < 1.29 is 116 Å². The average molecular weight is 1790 g/mol. The van der Waals surface area contributed by atoms with Crippen LogP contribution in [0.2, 0.25) is 0 Å². The predicted octanol–water partition coefficient (Wildman–Crippen LogP) is -3.15. The van der Waals surface area contributed by atoms with Gasteiger partial charge in [-0.3, -0.25) is 86.8 Å². The van der Waals surface area contributed by atoms with Gasteiger partial charge in [0.05, 0.1) is 35.8 Å². The van der Waals surface area contributed by atoms with E-state index in [4.69, 9.17) is 17.2 Å². The van der Waals surface area contributed by atoms with Crippen LogP contribution in [0, 0.1) is 27.7 Å². The molecule has 0 aliphatic carbocycles. The van der Waals surface area contributed by atoms with Crippen molar-refractivity contribution in [3.05, 3.63) is 171 Å². The Morgan fingerprint density at radius 3 is 1.35 bits per heavy atom. The van der Waals surface area contributed by atoms with Crippen LogP contribution in [0.5, 0.6) is 5.75 Å². The normalized spacial score (nSPS) is 14.7. The Labute approximate surface area is 732 Å². The first-order valence-electron chi connectivity index (χ1n) is 40.8. The number of hydrogen-bond donors (Lipinski definition) is 22. The highest BCUT2D eigenvalue weighted by Crippen LogP contribution is 2.21. The van der Waals surface area contributed by atoms with Gasteiger partial charge in [0.1, 0.15) is 84.3 Å². The summed E-state index contributed by atoms with van der Waals surface area (Å²) < 4.78 is 29.1. The number of phenols is 1. The van der Waals surface area contributed by atoms with Crippen LogP contribution >= 0.6 is 0 Å². The number of H-pyrrole nitrogens is 1. The number of primary amides is 2. The van der Waals surface area contributed by atoms with Gasteiger partial charge in [0.2, 0.25) is 88.6 Å². The van der Waals surface area contributed by atoms with Gasteiger partial charge in [-0.2, -0.15) is 0 Å². The van der Waals surface area contributed by atoms with Crippen molar-refractivity contribution in [3.8, 4) is 5.75 Å². The van der Waals surface area contributed by atoms with E-state index in [0.29, 0.717) is 35.9 Å². The number of carbonyl (C=O) groups is 16. The Bertz CT molecular complexity index is 4910. The van der Waals surface area contributed by atoms with Gasteiger partial charge in [-0.25, -0.2) is 13.8 Å². The second kappa shape index (κ2) is 50.2. The Kier molecular flexibility index (Phi) is 40.3. The summed E-state index contributed by atoms with van der Waals surface area (Å²) in [5.41, 5.74) is 16.8. The van der Waals surface area contributed by atoms with Crippen molar-refractivity contribution in [2.75, 3.05) is 13.2 Å². The van der Waals surface area contributed by atoms with Gasteiger partial charge in [-0.05, 0) is 129 Å². The molecule has 15 amide bonds. The maximum atomic E-state index is 15.2. The number of hydrogen-bond acceptors (Lipinski definition) is 24. The van der Waals surface area contributed by atoms with Crippen LogP contribution in [0.4, 0.5) is 14.5 Å². The summed E-state index contributed by atoms with van der Waals surface area (Å²) in [6, 6.07) is 1.18. The molecule has 25 N–H and O–H groups in total. The number of phenolic OH excluding ortho intramolecular Hbond substituents is 1. The van der Waals surface area contributed by atoms with E-state index in [1.165, 1.54) is 48.9 Å². The van der Waals surface area contributed by atoms with Gasteiger partial charge in [0, 0.05) is 70.2 Å². The molecular formula is C84H109F2N19O23. The standard InChI is InChI=1S/C84H109F2N19O23/c1-42(2)31-61(93-46(6)109)80(122)103-70(44(4)107)83(125)101-64(37-50-19-25-56(85)57(86)33-50)77(119)96-60(27-29-69(112)113)75(117)100-66(38-53-39-90-41-91-53)79(121)99-63(35-48-17-23-55(110)24-18-48)78(120)98-62(34-47-15-21-54(22-16-47)105(127)128)76(118)92-43(3)73(115)95-59(26-28-68(88)111)74(116)97-65(36-49-14-20-51-11-7-8-12-52(51)32-49)81(123)104-71(45(5)108)84(126)102-67(40-106)82(124)94-58(72(89)114)13-9-10-30-87/h7-8,11-12,14-25,32-33,39,41-45,58-67,70-71,106-108,110H,9-10,13,26-31,34-38,40,87H2,1-6H3,(H2,88,111)(H2,89,114)(H,90,91)(H,92,118)(H,93,109)(H,94,124)(H,95,115)(H,96,119)(H,97,116)(H,98,120)(H,99,121)(H,100,117)(H,101,125)(H,102,126)(H,103,122)(H,104,123)(H,112,113)/t43-,44+,45+,58-,59-,60-,61-,62-,63-,64-,65-,66-,67-,70-,71-/m0/s1. The van der Waals surface area contributed by atoms with Crippen LogP contribution in [0.25, 0.3) is 10.8 Å². The number of non-ortho nitro benzene ring substituents is 1. The second-order valence-electron chi connectivity index (χ2n) is 31.0. The second-order valence-corrected chi connectivity index (χ2v) is 31.0. The zero-order valence-electron chi connectivity index (χ0n) is 70.9. The number of aromatic nitrogens is 2. The number of fused-ring (bicyclic) bond motifs is 1. The lowest BCUT2D eigenvalue weighted by atomic mass is 9.99. The highest BCUT2D eigenvalue weighted by molar-refractivity contribution is 6.01. The molecule has 692 valence electrons. The van der Waals surface area contributed by atoms with E-state index < -0.39 is 266 Å². The SMILES string of the molecule is CC(=O)N[C@@H](CC(C)C)C(=O)N[C@H](C(=O)N[C@@H](Cc1ccc(F)c(F)c1)C(=O)N[C@@H](CCC(=O)O)C(=O)N[C@@H](Cc1c[nH]cn1)C(=O)N[C@@H](Cc1ccc(O)cc1)C(=O)N[C@@H](Cc1ccc([N+](=O)[O-])cc1)C(=O)N[C@@H](C)C(=O)N[C@@H](CCC(N)=O)C(=O)N[C@@H](Cc1ccc2ccccc2c1)C(=O)N[C@H](C(=O)N[C@@H](CO)C(=O)N[C@@H](CCCCN)C(N)=O)[C@@H](C)O)[C@@H](C)O. The summed E-state index contributed by atoms with van der Waals surface area (Å²) in [7, 11) is 0. The van der Waals surface area contributed by atoms with Gasteiger partial charge in [-0.15, -0.1) is 0 Å². The largest absolute Gasteiger partial charge is 0.508 e. The number of nitro groups is 1. The molecule has 0 aliphatic rings. The zero-order chi connectivity index (χ0) is 94.8. The molecule has 0 radical (unpaired) electrons. The van der Waals surface area contributed by atoms with E-state index in [-0.39, 0.29) is 59.9 Å². The molecule has 6 aromatic rings. The number of nitro benzene ring substituents is 1. The van der Waals surface area contributed by atoms with E-state index in [0.717, 1.165) is 51.3 Å². The fraction of sp³-hybridized carbons (Fsp3) is 0.440. The summed E-state index contributed by atoms with van der Waals surface area (Å²) in [5.74, 6) is -21.5. The smallest absolute Gasteiger partial charge is 0.303 e. The Balaban J connectivity index is 1.31. The molecule has 15 atom stereocenters. The summed E-state index contributed by atoms with van der Waals surface area (Å²) in [5, 5.41) is 96.9. The van der Waals surface area contributed by atoms with Crippen molar-refractivity contribution in [3.63, 3.8) is 0 Å². The predicted molar refractivity (Wildman–Crippen MR) is 452 cm³/mol. The number of aromatic hydroxyl groups is 1. The number of benzene rings is 5. The van der Waals surface area contributed by atoms with E-state index in [9.17, 15) is 112 Å². The molecule has 0 spiro atoms. The Morgan fingerprint density at radius 1 is 0.461 bits per heavy atom. The minimum atomic E-state index is -1.99. The van der Waals surface area contributed by atoms with Gasteiger partial charge < -0.3 is 117 Å². The molecule has 44 heteroatoms. The number of unbranched alkanes of at least 4 members (excludes halogenated alkanes) is 1. The number of aliphatic carboxylic acids is 1. The minimum absolute atomic E-state index is 0.0483. The van der Waals surface area contributed by atoms with Crippen LogP contribution in [0.15, 0.2) is 122 Å². The van der Waals surface area contributed by atoms with Crippen LogP contribution in [-0.4, -0.2) is 239 Å². The maximum absolute atomic E-state index is 15.2. The first-order valence-corrected chi connectivity index (χ1v) is 40.8. The van der Waals surface area contributed by atoms with Gasteiger partial charge in [0.15, 0.2) is 11.6 Å². The van der Waals surface area contributed by atoms with Crippen molar-refractivity contribution in [2.24, 2.45) is 23.1 Å². The molecule has 128 heavy (non-hydrogen) atoms. The number of imidazole rings is 1. The summed E-state index contributed by atoms with van der Waals surface area (Å²) in [4.78, 5) is 241. The number of amides is 15. The fourth-order valence-electron chi connectivity index (χ4n) is 13.2. The molecule has 0 saturated carbocycles. The third kappa shape index (κ3) is 33.5. The molecule has 42 nitrogen and oxygen atoms in total. The van der Waals surface area contributed by atoms with E-state index >= 15 is 9.59 Å². The first-order chi connectivity index (χ1) is 60.5. The van der Waals surface area contributed by atoms with Crippen LogP contribution < -0.4 is 86.3 Å². The average Bonchev–Trinajstić information content (AvgIpc) is 0.999. The number of carboxylic acids is 1. The van der Waals surface area contributed by atoms with E-state index in [1.807, 2.05) is 0 Å². The third-order valence-electron chi connectivity index (χ3n) is 20.1. The highest BCUT2D eigenvalue weighted by Gasteiger charge is 2.40. The number of aromatic amines is 1. The molecule has 0 saturated heterocycles. The van der Waals surface area contributed by atoms with Crippen molar-refractivity contribution >= 4 is 111 Å². The minimum Gasteiger partial charge on any atom is -0.508 e. The van der Waals surface area contributed by atoms with Crippen molar-refractivity contribution in [2.45, 2.75) is 216 Å².